The fourth-order valence-corrected chi connectivity index (χ4v) is 4.00. The van der Waals surface area contributed by atoms with E-state index >= 15 is 0 Å². The summed E-state index contributed by atoms with van der Waals surface area (Å²) in [6, 6.07) is 0.589. The standard InChI is InChI=1S/C14H24N2O.ClH/c17-14(12-7-8-15-10-12)16-9-3-6-13(16)11-4-1-2-5-11;/h11-13,15H,1-10H2;1H. The quantitative estimate of drug-likeness (QED) is 0.836. The van der Waals surface area contributed by atoms with Crippen LogP contribution >= 0.6 is 12.4 Å². The normalized spacial score (nSPS) is 32.8. The molecule has 1 N–H and O–H groups in total. The molecule has 3 rings (SSSR count). The third kappa shape index (κ3) is 2.67. The number of halogens is 1. The molecular formula is C14H25ClN2O. The van der Waals surface area contributed by atoms with Gasteiger partial charge in [-0.05, 0) is 44.6 Å². The van der Waals surface area contributed by atoms with Gasteiger partial charge in [-0.2, -0.15) is 0 Å². The third-order valence-corrected chi connectivity index (χ3v) is 4.94. The monoisotopic (exact) mass is 272 g/mol. The van der Waals surface area contributed by atoms with Crippen molar-refractivity contribution in [3.63, 3.8) is 0 Å². The van der Waals surface area contributed by atoms with Gasteiger partial charge in [-0.3, -0.25) is 4.79 Å². The van der Waals surface area contributed by atoms with Crippen LogP contribution < -0.4 is 5.32 Å². The Bertz CT molecular complexity index is 286. The molecule has 2 atom stereocenters. The molecule has 0 aromatic heterocycles. The van der Waals surface area contributed by atoms with E-state index in [4.69, 9.17) is 0 Å². The van der Waals surface area contributed by atoms with E-state index in [0.29, 0.717) is 11.9 Å². The minimum atomic E-state index is 0. The van der Waals surface area contributed by atoms with Gasteiger partial charge in [0.2, 0.25) is 5.91 Å². The van der Waals surface area contributed by atoms with Crippen molar-refractivity contribution < 1.29 is 4.79 Å². The van der Waals surface area contributed by atoms with E-state index in [1.54, 1.807) is 0 Å². The summed E-state index contributed by atoms with van der Waals surface area (Å²) in [5, 5.41) is 3.31. The zero-order chi connectivity index (χ0) is 11.7. The van der Waals surface area contributed by atoms with E-state index in [-0.39, 0.29) is 18.3 Å². The molecule has 2 aliphatic heterocycles. The van der Waals surface area contributed by atoms with Crippen molar-refractivity contribution in [3.05, 3.63) is 0 Å². The maximum atomic E-state index is 12.5. The molecular weight excluding hydrogens is 248 g/mol. The van der Waals surface area contributed by atoms with Crippen LogP contribution in [0.4, 0.5) is 0 Å². The molecule has 1 aliphatic carbocycles. The maximum Gasteiger partial charge on any atom is 0.227 e. The Morgan fingerprint density at radius 1 is 1.06 bits per heavy atom. The zero-order valence-electron chi connectivity index (χ0n) is 11.1. The number of hydrogen-bond donors (Lipinski definition) is 1. The molecule has 104 valence electrons. The van der Waals surface area contributed by atoms with E-state index in [1.807, 2.05) is 0 Å². The van der Waals surface area contributed by atoms with E-state index in [2.05, 4.69) is 10.2 Å². The number of nitrogens with one attached hydrogen (secondary N) is 1. The SMILES string of the molecule is Cl.O=C(C1CCNC1)N1CCCC1C1CCCC1. The maximum absolute atomic E-state index is 12.5. The Morgan fingerprint density at radius 3 is 2.50 bits per heavy atom. The summed E-state index contributed by atoms with van der Waals surface area (Å²) in [7, 11) is 0. The molecule has 2 saturated heterocycles. The van der Waals surface area contributed by atoms with Crippen molar-refractivity contribution in [1.29, 1.82) is 0 Å². The molecule has 1 amide bonds. The highest BCUT2D eigenvalue weighted by Gasteiger charge is 2.38. The average molecular weight is 273 g/mol. The number of carbonyl (C=O) groups excluding carboxylic acids is 1. The lowest BCUT2D eigenvalue weighted by molar-refractivity contribution is -0.136. The number of nitrogens with zero attached hydrogens (tertiary/aromatic N) is 1. The summed E-state index contributed by atoms with van der Waals surface area (Å²) in [4.78, 5) is 14.7. The first-order valence-electron chi connectivity index (χ1n) is 7.37. The molecule has 0 radical (unpaired) electrons. The number of carbonyl (C=O) groups is 1. The van der Waals surface area contributed by atoms with Crippen molar-refractivity contribution >= 4 is 18.3 Å². The Hall–Kier alpha value is -0.280. The Labute approximate surface area is 116 Å². The highest BCUT2D eigenvalue weighted by molar-refractivity contribution is 5.85. The minimum Gasteiger partial charge on any atom is -0.339 e. The van der Waals surface area contributed by atoms with Gasteiger partial charge in [0.05, 0.1) is 5.92 Å². The van der Waals surface area contributed by atoms with Crippen molar-refractivity contribution in [3.8, 4) is 0 Å². The molecule has 0 bridgehead atoms. The number of rotatable bonds is 2. The molecule has 18 heavy (non-hydrogen) atoms. The van der Waals surface area contributed by atoms with Crippen LogP contribution in [-0.4, -0.2) is 36.5 Å². The van der Waals surface area contributed by atoms with Gasteiger partial charge in [0.25, 0.3) is 0 Å². The predicted octanol–water partition coefficient (Wildman–Crippen LogP) is 2.20. The first kappa shape index (κ1) is 14.1. The molecule has 0 aromatic carbocycles. The van der Waals surface area contributed by atoms with Crippen molar-refractivity contribution in [2.24, 2.45) is 11.8 Å². The summed E-state index contributed by atoms with van der Waals surface area (Å²) >= 11 is 0. The lowest BCUT2D eigenvalue weighted by Gasteiger charge is -2.31. The summed E-state index contributed by atoms with van der Waals surface area (Å²) in [5.41, 5.74) is 0. The topological polar surface area (TPSA) is 32.3 Å². The second kappa shape index (κ2) is 6.25. The van der Waals surface area contributed by atoms with Gasteiger partial charge in [-0.1, -0.05) is 12.8 Å². The van der Waals surface area contributed by atoms with Gasteiger partial charge in [0.1, 0.15) is 0 Å². The third-order valence-electron chi connectivity index (χ3n) is 4.94. The number of amides is 1. The van der Waals surface area contributed by atoms with Crippen molar-refractivity contribution in [2.45, 2.75) is 51.0 Å². The second-order valence-electron chi connectivity index (χ2n) is 5.98. The van der Waals surface area contributed by atoms with Gasteiger partial charge in [-0.15, -0.1) is 12.4 Å². The molecule has 4 heteroatoms. The lowest BCUT2D eigenvalue weighted by atomic mass is 9.95. The highest BCUT2D eigenvalue weighted by atomic mass is 35.5. The van der Waals surface area contributed by atoms with Crippen LogP contribution in [0.1, 0.15) is 44.9 Å². The van der Waals surface area contributed by atoms with Gasteiger partial charge in [-0.25, -0.2) is 0 Å². The van der Waals surface area contributed by atoms with Crippen LogP contribution in [0.3, 0.4) is 0 Å². The summed E-state index contributed by atoms with van der Waals surface area (Å²) in [6.07, 6.45) is 9.02. The van der Waals surface area contributed by atoms with Gasteiger partial charge < -0.3 is 10.2 Å². The number of likely N-dealkylation sites (tertiary alicyclic amines) is 1. The molecule has 1 saturated carbocycles. The number of hydrogen-bond acceptors (Lipinski definition) is 2. The summed E-state index contributed by atoms with van der Waals surface area (Å²) < 4.78 is 0. The highest BCUT2D eigenvalue weighted by Crippen LogP contribution is 2.36. The van der Waals surface area contributed by atoms with Crippen LogP contribution in [0, 0.1) is 11.8 Å². The van der Waals surface area contributed by atoms with Crippen LogP contribution in [0.2, 0.25) is 0 Å². The van der Waals surface area contributed by atoms with Crippen LogP contribution in [-0.2, 0) is 4.79 Å². The molecule has 3 aliphatic rings. The zero-order valence-corrected chi connectivity index (χ0v) is 11.9. The Morgan fingerprint density at radius 2 is 1.83 bits per heavy atom. The smallest absolute Gasteiger partial charge is 0.227 e. The van der Waals surface area contributed by atoms with Crippen molar-refractivity contribution in [1.82, 2.24) is 10.2 Å². The molecule has 3 nitrogen and oxygen atoms in total. The fourth-order valence-electron chi connectivity index (χ4n) is 4.00. The van der Waals surface area contributed by atoms with Gasteiger partial charge >= 0.3 is 0 Å². The minimum absolute atomic E-state index is 0. The molecule has 3 fully saturated rings. The largest absolute Gasteiger partial charge is 0.339 e. The second-order valence-corrected chi connectivity index (χ2v) is 5.98. The first-order valence-corrected chi connectivity index (χ1v) is 7.37. The van der Waals surface area contributed by atoms with Gasteiger partial charge in [0, 0.05) is 19.1 Å². The first-order chi connectivity index (χ1) is 8.36. The summed E-state index contributed by atoms with van der Waals surface area (Å²) in [6.45, 7) is 2.96. The van der Waals surface area contributed by atoms with E-state index in [1.165, 1.54) is 38.5 Å². The van der Waals surface area contributed by atoms with E-state index < -0.39 is 0 Å². The average Bonchev–Trinajstić information content (AvgIpc) is 3.09. The molecule has 2 heterocycles. The predicted molar refractivity (Wildman–Crippen MR) is 74.9 cm³/mol. The molecule has 0 aromatic rings. The van der Waals surface area contributed by atoms with Gasteiger partial charge in [0.15, 0.2) is 0 Å². The van der Waals surface area contributed by atoms with Crippen LogP contribution in [0.15, 0.2) is 0 Å². The van der Waals surface area contributed by atoms with Crippen molar-refractivity contribution in [2.75, 3.05) is 19.6 Å². The van der Waals surface area contributed by atoms with Crippen LogP contribution in [0.25, 0.3) is 0 Å². The van der Waals surface area contributed by atoms with E-state index in [9.17, 15) is 4.79 Å². The Kier molecular flexibility index (Phi) is 4.91. The summed E-state index contributed by atoms with van der Waals surface area (Å²) in [5.74, 6) is 1.54. The molecule has 0 spiro atoms. The van der Waals surface area contributed by atoms with Crippen LogP contribution in [0.5, 0.6) is 0 Å². The molecule has 2 unspecified atom stereocenters. The van der Waals surface area contributed by atoms with E-state index in [0.717, 1.165) is 32.0 Å². The Balaban J connectivity index is 0.00000120. The lowest BCUT2D eigenvalue weighted by Crippen LogP contribution is -2.43. The fraction of sp³-hybridized carbons (Fsp3) is 0.929.